The summed E-state index contributed by atoms with van der Waals surface area (Å²) in [5, 5.41) is 19.5. The Labute approximate surface area is 135 Å². The zero-order chi connectivity index (χ0) is 16.8. The van der Waals surface area contributed by atoms with Crippen LogP contribution in [0.15, 0.2) is 30.3 Å². The average Bonchev–Trinajstić information content (AvgIpc) is 2.92. The van der Waals surface area contributed by atoms with Crippen LogP contribution in [0.25, 0.3) is 0 Å². The molecule has 1 saturated heterocycles. The van der Waals surface area contributed by atoms with E-state index >= 15 is 0 Å². The van der Waals surface area contributed by atoms with Crippen molar-refractivity contribution in [1.29, 1.82) is 0 Å². The van der Waals surface area contributed by atoms with Gasteiger partial charge in [-0.25, -0.2) is 4.79 Å². The molecule has 3 atom stereocenters. The molecular weight excluding hydrogens is 298 g/mol. The van der Waals surface area contributed by atoms with Gasteiger partial charge in [-0.1, -0.05) is 43.7 Å². The van der Waals surface area contributed by atoms with Gasteiger partial charge in [-0.2, -0.15) is 0 Å². The number of carbonyl (C=O) groups is 2. The second-order valence-corrected chi connectivity index (χ2v) is 5.81. The summed E-state index contributed by atoms with van der Waals surface area (Å²) in [5.74, 6) is -1.76. The van der Waals surface area contributed by atoms with Crippen LogP contribution in [0, 0.1) is 5.92 Å². The molecule has 0 aromatic heterocycles. The second kappa shape index (κ2) is 7.97. The second-order valence-electron chi connectivity index (χ2n) is 5.81. The summed E-state index contributed by atoms with van der Waals surface area (Å²) in [4.78, 5) is 25.1. The smallest absolute Gasteiger partial charge is 0.410 e. The van der Waals surface area contributed by atoms with Gasteiger partial charge < -0.3 is 19.8 Å². The fourth-order valence-electron chi connectivity index (χ4n) is 3.05. The summed E-state index contributed by atoms with van der Waals surface area (Å²) in [6.45, 7) is 2.33. The van der Waals surface area contributed by atoms with E-state index in [4.69, 9.17) is 4.74 Å². The van der Waals surface area contributed by atoms with Gasteiger partial charge in [0.25, 0.3) is 0 Å². The van der Waals surface area contributed by atoms with Gasteiger partial charge >= 0.3 is 12.1 Å². The number of carbonyl (C=O) groups excluding carboxylic acids is 1. The van der Waals surface area contributed by atoms with Gasteiger partial charge in [0.05, 0.1) is 18.1 Å². The molecule has 1 aromatic rings. The Bertz CT molecular complexity index is 533. The third kappa shape index (κ3) is 4.22. The predicted octanol–water partition coefficient (Wildman–Crippen LogP) is 2.26. The van der Waals surface area contributed by atoms with Crippen LogP contribution in [0.5, 0.6) is 0 Å². The van der Waals surface area contributed by atoms with Crippen LogP contribution in [0.3, 0.4) is 0 Å². The van der Waals surface area contributed by atoms with Gasteiger partial charge in [0.1, 0.15) is 6.61 Å². The van der Waals surface area contributed by atoms with Crippen molar-refractivity contribution in [2.75, 3.05) is 6.54 Å². The van der Waals surface area contributed by atoms with Crippen LogP contribution < -0.4 is 0 Å². The molecule has 1 aliphatic rings. The van der Waals surface area contributed by atoms with E-state index in [-0.39, 0.29) is 6.61 Å². The Morgan fingerprint density at radius 3 is 2.65 bits per heavy atom. The zero-order valence-electron chi connectivity index (χ0n) is 13.2. The van der Waals surface area contributed by atoms with Gasteiger partial charge in [0.15, 0.2) is 0 Å². The molecule has 1 aromatic carbocycles. The molecule has 1 aliphatic heterocycles. The first-order valence-electron chi connectivity index (χ1n) is 7.92. The third-order valence-electron chi connectivity index (χ3n) is 4.19. The van der Waals surface area contributed by atoms with E-state index in [1.165, 1.54) is 4.90 Å². The van der Waals surface area contributed by atoms with E-state index in [1.807, 2.05) is 37.3 Å². The summed E-state index contributed by atoms with van der Waals surface area (Å²) in [6, 6.07) is 8.55. The van der Waals surface area contributed by atoms with Crippen LogP contribution >= 0.6 is 0 Å². The van der Waals surface area contributed by atoms with Crippen molar-refractivity contribution >= 4 is 12.1 Å². The lowest BCUT2D eigenvalue weighted by molar-refractivity contribution is -0.145. The van der Waals surface area contributed by atoms with Crippen LogP contribution in [0.4, 0.5) is 4.79 Å². The molecule has 0 radical (unpaired) electrons. The number of hydrogen-bond acceptors (Lipinski definition) is 4. The molecule has 0 spiro atoms. The molecule has 0 bridgehead atoms. The Morgan fingerprint density at radius 2 is 2.04 bits per heavy atom. The van der Waals surface area contributed by atoms with Gasteiger partial charge in [0, 0.05) is 6.54 Å². The molecule has 23 heavy (non-hydrogen) atoms. The highest BCUT2D eigenvalue weighted by molar-refractivity contribution is 5.74. The summed E-state index contributed by atoms with van der Waals surface area (Å²) in [6.07, 6.45) is 0.0651. The van der Waals surface area contributed by atoms with Gasteiger partial charge in [-0.05, 0) is 18.4 Å². The minimum absolute atomic E-state index is 0.129. The summed E-state index contributed by atoms with van der Waals surface area (Å²) in [7, 11) is 0. The van der Waals surface area contributed by atoms with Crippen molar-refractivity contribution in [3.63, 3.8) is 0 Å². The Kier molecular flexibility index (Phi) is 5.98. The van der Waals surface area contributed by atoms with Crippen molar-refractivity contribution in [1.82, 2.24) is 4.90 Å². The maximum Gasteiger partial charge on any atom is 0.410 e. The van der Waals surface area contributed by atoms with Gasteiger partial charge in [0.2, 0.25) is 0 Å². The first kappa shape index (κ1) is 17.3. The number of aliphatic carboxylic acids is 1. The molecule has 126 valence electrons. The highest BCUT2D eigenvalue weighted by Gasteiger charge is 2.44. The average molecular weight is 321 g/mol. The highest BCUT2D eigenvalue weighted by atomic mass is 16.6. The number of rotatable bonds is 6. The number of hydrogen-bond donors (Lipinski definition) is 2. The number of carboxylic acids is 1. The molecule has 0 saturated carbocycles. The van der Waals surface area contributed by atoms with Crippen molar-refractivity contribution in [2.45, 2.75) is 44.9 Å². The Hall–Kier alpha value is -2.08. The van der Waals surface area contributed by atoms with Gasteiger partial charge in [-0.15, -0.1) is 0 Å². The number of amides is 1. The van der Waals surface area contributed by atoms with Gasteiger partial charge in [-0.3, -0.25) is 4.79 Å². The van der Waals surface area contributed by atoms with E-state index in [2.05, 4.69) is 0 Å². The maximum absolute atomic E-state index is 12.3. The number of aliphatic hydroxyl groups is 1. The molecule has 6 nitrogen and oxygen atoms in total. The van der Waals surface area contributed by atoms with Crippen molar-refractivity contribution < 1.29 is 24.5 Å². The highest BCUT2D eigenvalue weighted by Crippen LogP contribution is 2.28. The van der Waals surface area contributed by atoms with Crippen LogP contribution in [0.1, 0.15) is 31.7 Å². The zero-order valence-corrected chi connectivity index (χ0v) is 13.2. The minimum atomic E-state index is -0.987. The third-order valence-corrected chi connectivity index (χ3v) is 4.19. The predicted molar refractivity (Wildman–Crippen MR) is 83.8 cm³/mol. The lowest BCUT2D eigenvalue weighted by Gasteiger charge is -2.30. The molecule has 1 heterocycles. The number of likely N-dealkylation sites (tertiary alicyclic amines) is 1. The molecule has 2 N–H and O–H groups in total. The number of ether oxygens (including phenoxy) is 1. The van der Waals surface area contributed by atoms with Crippen molar-refractivity contribution in [3.05, 3.63) is 35.9 Å². The number of carboxylic acid groups (broad SMARTS) is 1. The molecule has 1 amide bonds. The fourth-order valence-corrected chi connectivity index (χ4v) is 3.05. The van der Waals surface area contributed by atoms with E-state index in [0.717, 1.165) is 5.56 Å². The quantitative estimate of drug-likeness (QED) is 0.839. The Morgan fingerprint density at radius 1 is 1.35 bits per heavy atom. The monoisotopic (exact) mass is 321 g/mol. The molecule has 0 aliphatic carbocycles. The lowest BCUT2D eigenvalue weighted by atomic mass is 9.91. The van der Waals surface area contributed by atoms with Crippen LogP contribution in [-0.2, 0) is 16.1 Å². The largest absolute Gasteiger partial charge is 0.481 e. The van der Waals surface area contributed by atoms with E-state index in [0.29, 0.717) is 25.8 Å². The van der Waals surface area contributed by atoms with E-state index in [9.17, 15) is 19.8 Å². The molecule has 1 unspecified atom stereocenters. The number of aliphatic hydroxyl groups excluding tert-OH is 1. The van der Waals surface area contributed by atoms with Crippen molar-refractivity contribution in [3.8, 4) is 0 Å². The topological polar surface area (TPSA) is 87.1 Å². The van der Waals surface area contributed by atoms with Crippen LogP contribution in [-0.4, -0.2) is 45.9 Å². The summed E-state index contributed by atoms with van der Waals surface area (Å²) >= 11 is 0. The molecular formula is C17H23NO5. The molecule has 1 fully saturated rings. The summed E-state index contributed by atoms with van der Waals surface area (Å²) < 4.78 is 5.28. The SMILES string of the molecule is CCCC(C(=O)O)[C@@H]1[C@@H](O)CCN1C(=O)OCc1ccccc1. The fraction of sp³-hybridized carbons (Fsp3) is 0.529. The molecule has 6 heteroatoms. The minimum Gasteiger partial charge on any atom is -0.481 e. The van der Waals surface area contributed by atoms with Crippen LogP contribution in [0.2, 0.25) is 0 Å². The lowest BCUT2D eigenvalue weighted by Crippen LogP contribution is -2.47. The molecule has 2 rings (SSSR count). The van der Waals surface area contributed by atoms with E-state index < -0.39 is 30.1 Å². The van der Waals surface area contributed by atoms with E-state index in [1.54, 1.807) is 0 Å². The maximum atomic E-state index is 12.3. The standard InChI is InChI=1S/C17H23NO5/c1-2-6-13(16(20)21)15-14(19)9-10-18(15)17(22)23-11-12-7-4-3-5-8-12/h3-5,7-8,13-15,19H,2,6,9-11H2,1H3,(H,20,21)/t13?,14-,15+/m0/s1. The van der Waals surface area contributed by atoms with Crippen molar-refractivity contribution in [2.24, 2.45) is 5.92 Å². The number of benzene rings is 1. The Balaban J connectivity index is 2.04. The number of nitrogens with zero attached hydrogens (tertiary/aromatic N) is 1. The summed E-state index contributed by atoms with van der Waals surface area (Å²) in [5.41, 5.74) is 0.862. The first-order chi connectivity index (χ1) is 11.0. The first-order valence-corrected chi connectivity index (χ1v) is 7.92. The normalized spacial score (nSPS) is 21.9.